The number of ether oxygens (including phenoxy) is 1. The Morgan fingerprint density at radius 2 is 2.20 bits per heavy atom. The minimum atomic E-state index is -0.227. The molecular weight excluding hydrogens is 261 g/mol. The number of nitrogens with one attached hydrogen (secondary N) is 1. The first kappa shape index (κ1) is 12.5. The molecule has 0 fully saturated rings. The van der Waals surface area contributed by atoms with Crippen LogP contribution in [-0.2, 0) is 4.74 Å². The smallest absolute Gasteiger partial charge is 0.137 e. The Morgan fingerprint density at radius 1 is 1.47 bits per heavy atom. The first-order chi connectivity index (χ1) is 7.15. The molecule has 4 heteroatoms. The van der Waals surface area contributed by atoms with Crippen LogP contribution in [0.15, 0.2) is 16.6 Å². The number of aryl methyl sites for hydroxylation is 1. The van der Waals surface area contributed by atoms with Crippen molar-refractivity contribution in [1.29, 1.82) is 0 Å². The summed E-state index contributed by atoms with van der Waals surface area (Å²) in [7, 11) is 1.68. The third-order valence-electron chi connectivity index (χ3n) is 2.11. The lowest BCUT2D eigenvalue weighted by atomic mass is 10.2. The predicted octanol–water partition coefficient (Wildman–Crippen LogP) is 3.35. The van der Waals surface area contributed by atoms with Gasteiger partial charge in [0.05, 0.1) is 4.47 Å². The maximum atomic E-state index is 13.1. The second-order valence-corrected chi connectivity index (χ2v) is 4.21. The van der Waals surface area contributed by atoms with Crippen molar-refractivity contribution >= 4 is 21.6 Å². The topological polar surface area (TPSA) is 21.3 Å². The van der Waals surface area contributed by atoms with E-state index in [-0.39, 0.29) is 5.82 Å². The SMILES string of the molecule is COCCCNc1cc(Br)c(F)cc1C. The average molecular weight is 276 g/mol. The van der Waals surface area contributed by atoms with Crippen LogP contribution in [-0.4, -0.2) is 20.3 Å². The molecule has 0 heterocycles. The van der Waals surface area contributed by atoms with E-state index in [2.05, 4.69) is 21.2 Å². The standard InChI is InChI=1S/C11H15BrFNO/c1-8-6-10(13)9(12)7-11(8)14-4-3-5-15-2/h6-7,14H,3-5H2,1-2H3. The van der Waals surface area contributed by atoms with E-state index in [1.165, 1.54) is 6.07 Å². The highest BCUT2D eigenvalue weighted by Gasteiger charge is 2.04. The van der Waals surface area contributed by atoms with Crippen molar-refractivity contribution in [2.24, 2.45) is 0 Å². The monoisotopic (exact) mass is 275 g/mol. The second-order valence-electron chi connectivity index (χ2n) is 3.35. The zero-order valence-corrected chi connectivity index (χ0v) is 10.5. The van der Waals surface area contributed by atoms with Gasteiger partial charge in [0.1, 0.15) is 5.82 Å². The van der Waals surface area contributed by atoms with Crippen LogP contribution in [0.1, 0.15) is 12.0 Å². The molecule has 1 aromatic rings. The lowest BCUT2D eigenvalue weighted by molar-refractivity contribution is 0.198. The van der Waals surface area contributed by atoms with Gasteiger partial charge in [-0.05, 0) is 47.0 Å². The normalized spacial score (nSPS) is 10.4. The molecule has 84 valence electrons. The number of methoxy groups -OCH3 is 1. The van der Waals surface area contributed by atoms with Gasteiger partial charge in [0, 0.05) is 25.9 Å². The van der Waals surface area contributed by atoms with Crippen LogP contribution < -0.4 is 5.32 Å². The lowest BCUT2D eigenvalue weighted by Crippen LogP contribution is -2.06. The fraction of sp³-hybridized carbons (Fsp3) is 0.455. The number of hydrogen-bond donors (Lipinski definition) is 1. The van der Waals surface area contributed by atoms with Crippen molar-refractivity contribution in [2.45, 2.75) is 13.3 Å². The van der Waals surface area contributed by atoms with E-state index in [9.17, 15) is 4.39 Å². The molecule has 0 atom stereocenters. The zero-order valence-electron chi connectivity index (χ0n) is 8.94. The van der Waals surface area contributed by atoms with Crippen LogP contribution >= 0.6 is 15.9 Å². The molecular formula is C11H15BrFNO. The van der Waals surface area contributed by atoms with E-state index >= 15 is 0 Å². The van der Waals surface area contributed by atoms with Gasteiger partial charge in [-0.25, -0.2) is 4.39 Å². The minimum absolute atomic E-state index is 0.227. The largest absolute Gasteiger partial charge is 0.385 e. The van der Waals surface area contributed by atoms with Gasteiger partial charge in [-0.15, -0.1) is 0 Å². The molecule has 2 nitrogen and oxygen atoms in total. The molecule has 0 saturated heterocycles. The number of anilines is 1. The Balaban J connectivity index is 2.57. The predicted molar refractivity (Wildman–Crippen MR) is 63.8 cm³/mol. The van der Waals surface area contributed by atoms with Crippen LogP contribution in [0, 0.1) is 12.7 Å². The van der Waals surface area contributed by atoms with E-state index in [1.807, 2.05) is 6.92 Å². The van der Waals surface area contributed by atoms with Gasteiger partial charge in [-0.2, -0.15) is 0 Å². The van der Waals surface area contributed by atoms with Crippen molar-refractivity contribution in [2.75, 3.05) is 25.6 Å². The van der Waals surface area contributed by atoms with Crippen molar-refractivity contribution in [3.05, 3.63) is 28.0 Å². The Bertz CT molecular complexity index is 331. The third kappa shape index (κ3) is 3.80. The van der Waals surface area contributed by atoms with E-state index in [0.717, 1.165) is 30.8 Å². The van der Waals surface area contributed by atoms with Gasteiger partial charge >= 0.3 is 0 Å². The number of hydrogen-bond acceptors (Lipinski definition) is 2. The van der Waals surface area contributed by atoms with Gasteiger partial charge in [-0.3, -0.25) is 0 Å². The van der Waals surface area contributed by atoms with Crippen molar-refractivity contribution in [3.63, 3.8) is 0 Å². The van der Waals surface area contributed by atoms with Gasteiger partial charge in [0.2, 0.25) is 0 Å². The van der Waals surface area contributed by atoms with Crippen LogP contribution in [0.4, 0.5) is 10.1 Å². The third-order valence-corrected chi connectivity index (χ3v) is 2.72. The zero-order chi connectivity index (χ0) is 11.3. The molecule has 15 heavy (non-hydrogen) atoms. The molecule has 0 aliphatic carbocycles. The first-order valence-electron chi connectivity index (χ1n) is 4.83. The molecule has 0 aliphatic heterocycles. The highest BCUT2D eigenvalue weighted by atomic mass is 79.9. The summed E-state index contributed by atoms with van der Waals surface area (Å²) < 4.78 is 18.5. The van der Waals surface area contributed by atoms with Gasteiger partial charge in [-0.1, -0.05) is 0 Å². The average Bonchev–Trinajstić information content (AvgIpc) is 2.20. The molecule has 1 rings (SSSR count). The van der Waals surface area contributed by atoms with Crippen molar-refractivity contribution in [1.82, 2.24) is 0 Å². The van der Waals surface area contributed by atoms with Crippen LogP contribution in [0.3, 0.4) is 0 Å². The van der Waals surface area contributed by atoms with Crippen LogP contribution in [0.2, 0.25) is 0 Å². The maximum Gasteiger partial charge on any atom is 0.137 e. The summed E-state index contributed by atoms with van der Waals surface area (Å²) in [5.41, 5.74) is 1.87. The summed E-state index contributed by atoms with van der Waals surface area (Å²) in [5, 5.41) is 3.24. The van der Waals surface area contributed by atoms with E-state index in [0.29, 0.717) is 4.47 Å². The van der Waals surface area contributed by atoms with Gasteiger partial charge in [0.25, 0.3) is 0 Å². The number of benzene rings is 1. The molecule has 0 aliphatic rings. The van der Waals surface area contributed by atoms with Gasteiger partial charge in [0.15, 0.2) is 0 Å². The molecule has 0 saturated carbocycles. The Morgan fingerprint density at radius 3 is 2.87 bits per heavy atom. The molecule has 0 unspecified atom stereocenters. The van der Waals surface area contributed by atoms with E-state index in [1.54, 1.807) is 13.2 Å². The lowest BCUT2D eigenvalue weighted by Gasteiger charge is -2.10. The Labute approximate surface area is 98.0 Å². The fourth-order valence-electron chi connectivity index (χ4n) is 1.28. The van der Waals surface area contributed by atoms with Crippen LogP contribution in [0.5, 0.6) is 0 Å². The second kappa shape index (κ2) is 6.08. The summed E-state index contributed by atoms with van der Waals surface area (Å²) in [6.45, 7) is 3.44. The highest BCUT2D eigenvalue weighted by molar-refractivity contribution is 9.10. The highest BCUT2D eigenvalue weighted by Crippen LogP contribution is 2.24. The molecule has 0 radical (unpaired) electrons. The van der Waals surface area contributed by atoms with E-state index in [4.69, 9.17) is 4.74 Å². The molecule has 1 N–H and O–H groups in total. The number of rotatable bonds is 5. The van der Waals surface area contributed by atoms with Crippen molar-refractivity contribution in [3.8, 4) is 0 Å². The summed E-state index contributed by atoms with van der Waals surface area (Å²) in [4.78, 5) is 0. The van der Waals surface area contributed by atoms with E-state index < -0.39 is 0 Å². The fourth-order valence-corrected chi connectivity index (χ4v) is 1.62. The maximum absolute atomic E-state index is 13.1. The summed E-state index contributed by atoms with van der Waals surface area (Å²) in [5.74, 6) is -0.227. The summed E-state index contributed by atoms with van der Waals surface area (Å²) >= 11 is 3.16. The van der Waals surface area contributed by atoms with Crippen LogP contribution in [0.25, 0.3) is 0 Å². The minimum Gasteiger partial charge on any atom is -0.385 e. The molecule has 1 aromatic carbocycles. The molecule has 0 spiro atoms. The summed E-state index contributed by atoms with van der Waals surface area (Å²) in [6, 6.07) is 3.28. The molecule has 0 aromatic heterocycles. The molecule has 0 amide bonds. The Hall–Kier alpha value is -0.610. The van der Waals surface area contributed by atoms with Gasteiger partial charge < -0.3 is 10.1 Å². The quantitative estimate of drug-likeness (QED) is 0.833. The Kier molecular flexibility index (Phi) is 5.05. The summed E-state index contributed by atoms with van der Waals surface area (Å²) in [6.07, 6.45) is 0.935. The molecule has 0 bridgehead atoms. The van der Waals surface area contributed by atoms with Crippen molar-refractivity contribution < 1.29 is 9.13 Å². The number of halogens is 2. The first-order valence-corrected chi connectivity index (χ1v) is 5.63.